The molecule has 1 aliphatic rings. The predicted molar refractivity (Wildman–Crippen MR) is 144 cm³/mol. The first-order valence-electron chi connectivity index (χ1n) is 12.0. The van der Waals surface area contributed by atoms with Crippen molar-refractivity contribution in [3.63, 3.8) is 0 Å². The van der Waals surface area contributed by atoms with Gasteiger partial charge in [-0.15, -0.1) is 0 Å². The number of amides is 2. The van der Waals surface area contributed by atoms with Crippen LogP contribution in [0, 0.1) is 6.92 Å². The van der Waals surface area contributed by atoms with E-state index in [1.807, 2.05) is 86.6 Å². The number of carbonyl (C=O) groups excluding carboxylic acids is 2. The molecule has 0 radical (unpaired) electrons. The second-order valence-electron chi connectivity index (χ2n) is 8.55. The Morgan fingerprint density at radius 1 is 1.03 bits per heavy atom. The summed E-state index contributed by atoms with van der Waals surface area (Å²) in [5.41, 5.74) is 4.21. The van der Waals surface area contributed by atoms with Crippen LogP contribution >= 0.6 is 0 Å². The molecule has 1 aliphatic heterocycles. The summed E-state index contributed by atoms with van der Waals surface area (Å²) >= 11 is 0. The summed E-state index contributed by atoms with van der Waals surface area (Å²) in [6.07, 6.45) is -0.0586. The molecule has 0 aliphatic carbocycles. The Morgan fingerprint density at radius 2 is 1.78 bits per heavy atom. The smallest absolute Gasteiger partial charge is 0.249 e. The number of benzene rings is 3. The number of carbonyl (C=O) groups is 2. The van der Waals surface area contributed by atoms with Crippen molar-refractivity contribution in [1.29, 1.82) is 0 Å². The van der Waals surface area contributed by atoms with Gasteiger partial charge in [-0.05, 0) is 55.3 Å². The summed E-state index contributed by atoms with van der Waals surface area (Å²) in [5.74, 6) is 0.442. The van der Waals surface area contributed by atoms with Crippen LogP contribution in [0.1, 0.15) is 19.0 Å². The molecule has 1 atom stereocenters. The molecule has 3 aromatic carbocycles. The lowest BCUT2D eigenvalue weighted by molar-refractivity contribution is -0.124. The molecule has 0 saturated heterocycles. The molecule has 186 valence electrons. The van der Waals surface area contributed by atoms with Gasteiger partial charge in [0.1, 0.15) is 11.8 Å². The van der Waals surface area contributed by atoms with Gasteiger partial charge in [0.2, 0.25) is 23.7 Å². The van der Waals surface area contributed by atoms with Crippen molar-refractivity contribution in [2.45, 2.75) is 26.3 Å². The molecule has 1 unspecified atom stereocenters. The Balaban J connectivity index is 1.30. The fourth-order valence-corrected chi connectivity index (χ4v) is 4.09. The largest absolute Gasteiger partial charge is 0.494 e. The first kappa shape index (κ1) is 23.9. The maximum Gasteiger partial charge on any atom is 0.249 e. The number of hydrogen-bond donors (Lipinski definition) is 3. The van der Waals surface area contributed by atoms with Gasteiger partial charge < -0.3 is 10.1 Å². The third-order valence-corrected chi connectivity index (χ3v) is 5.88. The summed E-state index contributed by atoms with van der Waals surface area (Å²) in [4.78, 5) is 38.7. The molecule has 9 heteroatoms. The average molecular weight is 495 g/mol. The molecule has 37 heavy (non-hydrogen) atoms. The number of ether oxygens (including phenoxy) is 1. The van der Waals surface area contributed by atoms with Crippen LogP contribution in [0.15, 0.2) is 77.8 Å². The quantitative estimate of drug-likeness (QED) is 0.368. The van der Waals surface area contributed by atoms with Crippen LogP contribution in [-0.2, 0) is 9.59 Å². The minimum atomic E-state index is -0.889. The monoisotopic (exact) mass is 494 g/mol. The van der Waals surface area contributed by atoms with Crippen molar-refractivity contribution in [3.05, 3.63) is 78.5 Å². The van der Waals surface area contributed by atoms with E-state index in [-0.39, 0.29) is 30.1 Å². The van der Waals surface area contributed by atoms with Gasteiger partial charge in [-0.2, -0.15) is 0 Å². The summed E-state index contributed by atoms with van der Waals surface area (Å²) in [6, 6.07) is 22.2. The average Bonchev–Trinajstić information content (AvgIpc) is 2.90. The SMILES string of the molecule is CCOc1ccc2nc(NC3=NC(C(=O)Nc4ccc(-c5ccccc5)cc4)CC(=O)N3)nc(C)c2c1. The number of aryl methyl sites for hydroxylation is 1. The minimum Gasteiger partial charge on any atom is -0.494 e. The van der Waals surface area contributed by atoms with Crippen molar-refractivity contribution in [3.8, 4) is 16.9 Å². The predicted octanol–water partition coefficient (Wildman–Crippen LogP) is 4.30. The molecule has 0 spiro atoms. The minimum absolute atomic E-state index is 0.0586. The fourth-order valence-electron chi connectivity index (χ4n) is 4.09. The third-order valence-electron chi connectivity index (χ3n) is 5.88. The molecule has 9 nitrogen and oxygen atoms in total. The van der Waals surface area contributed by atoms with E-state index >= 15 is 0 Å². The number of aliphatic imine (C=N–C) groups is 1. The highest BCUT2D eigenvalue weighted by atomic mass is 16.5. The highest BCUT2D eigenvalue weighted by molar-refractivity contribution is 6.09. The van der Waals surface area contributed by atoms with Crippen LogP contribution in [0.3, 0.4) is 0 Å². The van der Waals surface area contributed by atoms with Gasteiger partial charge >= 0.3 is 0 Å². The maximum absolute atomic E-state index is 12.9. The number of anilines is 2. The Bertz CT molecular complexity index is 1490. The van der Waals surface area contributed by atoms with Crippen molar-refractivity contribution in [2.24, 2.45) is 4.99 Å². The fraction of sp³-hybridized carbons (Fsp3) is 0.179. The highest BCUT2D eigenvalue weighted by Crippen LogP contribution is 2.24. The Morgan fingerprint density at radius 3 is 2.54 bits per heavy atom. The Kier molecular flexibility index (Phi) is 6.76. The number of rotatable bonds is 6. The van der Waals surface area contributed by atoms with Gasteiger partial charge in [0.05, 0.1) is 24.2 Å². The molecule has 2 heterocycles. The summed E-state index contributed by atoms with van der Waals surface area (Å²) in [5, 5.41) is 9.31. The summed E-state index contributed by atoms with van der Waals surface area (Å²) in [7, 11) is 0. The normalized spacial score (nSPS) is 15.0. The third kappa shape index (κ3) is 5.56. The van der Waals surface area contributed by atoms with Crippen LogP contribution < -0.4 is 20.7 Å². The number of hydrogen-bond acceptors (Lipinski definition) is 7. The van der Waals surface area contributed by atoms with E-state index in [1.54, 1.807) is 0 Å². The van der Waals surface area contributed by atoms with E-state index in [0.717, 1.165) is 33.5 Å². The molecule has 2 amide bonds. The van der Waals surface area contributed by atoms with Crippen LogP contribution in [0.25, 0.3) is 22.0 Å². The molecule has 3 N–H and O–H groups in total. The first-order valence-corrected chi connectivity index (χ1v) is 12.0. The zero-order chi connectivity index (χ0) is 25.8. The molecule has 0 bridgehead atoms. The van der Waals surface area contributed by atoms with Gasteiger partial charge in [-0.25, -0.2) is 15.0 Å². The van der Waals surface area contributed by atoms with E-state index in [9.17, 15) is 9.59 Å². The second kappa shape index (κ2) is 10.4. The van der Waals surface area contributed by atoms with Crippen molar-refractivity contribution in [2.75, 3.05) is 17.2 Å². The zero-order valence-corrected chi connectivity index (χ0v) is 20.5. The molecular formula is C28H26N6O3. The zero-order valence-electron chi connectivity index (χ0n) is 20.5. The maximum atomic E-state index is 12.9. The Hall–Kier alpha value is -4.79. The van der Waals surface area contributed by atoms with E-state index in [0.29, 0.717) is 12.3 Å². The van der Waals surface area contributed by atoms with Crippen molar-refractivity contribution < 1.29 is 14.3 Å². The number of fused-ring (bicyclic) bond motifs is 1. The lowest BCUT2D eigenvalue weighted by atomic mass is 10.1. The Labute approximate surface area is 214 Å². The molecule has 4 aromatic rings. The van der Waals surface area contributed by atoms with E-state index in [2.05, 4.69) is 30.9 Å². The number of aromatic nitrogens is 2. The molecule has 5 rings (SSSR count). The lowest BCUT2D eigenvalue weighted by Crippen LogP contribution is -2.46. The molecule has 1 aromatic heterocycles. The second-order valence-corrected chi connectivity index (χ2v) is 8.55. The van der Waals surface area contributed by atoms with E-state index in [4.69, 9.17) is 4.74 Å². The first-order chi connectivity index (χ1) is 18.0. The van der Waals surface area contributed by atoms with Crippen LogP contribution in [0.4, 0.5) is 11.6 Å². The van der Waals surface area contributed by atoms with Gasteiger partial charge in [-0.1, -0.05) is 42.5 Å². The number of nitrogens with zero attached hydrogens (tertiary/aromatic N) is 3. The molecule has 0 saturated carbocycles. The van der Waals surface area contributed by atoms with Gasteiger partial charge in [0.15, 0.2) is 0 Å². The van der Waals surface area contributed by atoms with Gasteiger partial charge in [0, 0.05) is 11.1 Å². The van der Waals surface area contributed by atoms with Crippen LogP contribution in [0.2, 0.25) is 0 Å². The van der Waals surface area contributed by atoms with Crippen molar-refractivity contribution >= 4 is 40.3 Å². The van der Waals surface area contributed by atoms with Gasteiger partial charge in [-0.3, -0.25) is 20.2 Å². The molecule has 0 fully saturated rings. The summed E-state index contributed by atoms with van der Waals surface area (Å²) < 4.78 is 5.56. The van der Waals surface area contributed by atoms with Crippen LogP contribution in [-0.4, -0.2) is 40.4 Å². The number of guanidine groups is 1. The molecular weight excluding hydrogens is 468 g/mol. The lowest BCUT2D eigenvalue weighted by Gasteiger charge is -2.21. The highest BCUT2D eigenvalue weighted by Gasteiger charge is 2.27. The van der Waals surface area contributed by atoms with Crippen LogP contribution in [0.5, 0.6) is 5.75 Å². The number of nitrogens with one attached hydrogen (secondary N) is 3. The van der Waals surface area contributed by atoms with Gasteiger partial charge in [0.25, 0.3) is 0 Å². The topological polar surface area (TPSA) is 118 Å². The van der Waals surface area contributed by atoms with E-state index in [1.165, 1.54) is 0 Å². The standard InChI is InChI=1S/C28H26N6O3/c1-3-37-21-13-14-23-22(15-21)17(2)29-27(31-23)34-28-32-24(16-25(35)33-28)26(36)30-20-11-9-19(10-12-20)18-7-5-4-6-8-18/h4-15,24H,3,16H2,1-2H3,(H,30,36)(H2,29,31,32,33,34,35). The van der Waals surface area contributed by atoms with E-state index < -0.39 is 6.04 Å². The van der Waals surface area contributed by atoms with Crippen molar-refractivity contribution in [1.82, 2.24) is 15.3 Å². The summed E-state index contributed by atoms with van der Waals surface area (Å²) in [6.45, 7) is 4.36.